The van der Waals surface area contributed by atoms with E-state index in [4.69, 9.17) is 37.8 Å². The number of carbonyl (C=O) groups is 1. The van der Waals surface area contributed by atoms with Gasteiger partial charge in [0.25, 0.3) is 0 Å². The van der Waals surface area contributed by atoms with E-state index in [0.29, 0.717) is 0 Å². The maximum absolute atomic E-state index is 13.8. The Hall–Kier alpha value is -4.03. The molecule has 0 aliphatic carbocycles. The van der Waals surface area contributed by atoms with Crippen LogP contribution in [0.25, 0.3) is 21.6 Å². The van der Waals surface area contributed by atoms with Crippen LogP contribution in [0.3, 0.4) is 0 Å². The molecule has 0 amide bonds. The van der Waals surface area contributed by atoms with Gasteiger partial charge in [-0.3, -0.25) is 18.4 Å². The summed E-state index contributed by atoms with van der Waals surface area (Å²) in [7, 11) is -2.92. The fourth-order valence-corrected chi connectivity index (χ4v) is 5.85. The number of azide groups is 1. The van der Waals surface area contributed by atoms with Crippen molar-refractivity contribution in [2.24, 2.45) is 5.11 Å². The second-order valence-corrected chi connectivity index (χ2v) is 12.9. The third-order valence-corrected chi connectivity index (χ3v) is 8.25. The van der Waals surface area contributed by atoms with Crippen LogP contribution in [0.5, 0.6) is 5.88 Å². The number of hydrogen-bond donors (Lipinski definition) is 3. The molecule has 246 valence electrons. The normalized spacial score (nSPS) is 23.0. The lowest BCUT2D eigenvalue weighted by molar-refractivity contribution is -0.140. The maximum Gasteiger partial charge on any atom is 0.519 e. The van der Waals surface area contributed by atoms with Crippen LogP contribution >= 0.6 is 7.75 Å². The predicted molar refractivity (Wildman–Crippen MR) is 153 cm³/mol. The Bertz CT molecular complexity index is 1690. The zero-order chi connectivity index (χ0) is 33.2. The van der Waals surface area contributed by atoms with Crippen LogP contribution in [-0.2, 0) is 39.9 Å². The molecule has 2 unspecified atom stereocenters. The fraction of sp³-hybridized carbons (Fsp3) is 0.625. The number of imidazole rings is 1. The van der Waals surface area contributed by atoms with E-state index in [0.717, 1.165) is 0 Å². The molecule has 4 N–H and O–H groups in total. The van der Waals surface area contributed by atoms with Crippen LogP contribution in [0.15, 0.2) is 25.1 Å². The van der Waals surface area contributed by atoms with E-state index in [-0.39, 0.29) is 47.7 Å². The van der Waals surface area contributed by atoms with Gasteiger partial charge in [-0.05, 0) is 12.5 Å². The second kappa shape index (κ2) is 13.1. The summed E-state index contributed by atoms with van der Waals surface area (Å²) in [4.78, 5) is 38.3. The molecule has 1 saturated heterocycles. The summed E-state index contributed by atoms with van der Waals surface area (Å²) < 4.78 is 52.8. The molecule has 4 rings (SSSR count). The first-order valence-electron chi connectivity index (χ1n) is 13.5. The van der Waals surface area contributed by atoms with Crippen LogP contribution in [0.2, 0.25) is 0 Å². The number of rotatable bonds is 13. The smallest absolute Gasteiger partial charge is 0.479 e. The lowest BCUT2D eigenvalue weighted by Gasteiger charge is -2.28. The van der Waals surface area contributed by atoms with Gasteiger partial charge < -0.3 is 33.9 Å². The number of aliphatic hydroxyl groups excluding tert-OH is 1. The van der Waals surface area contributed by atoms with Gasteiger partial charge in [-0.1, -0.05) is 25.9 Å². The van der Waals surface area contributed by atoms with E-state index in [1.807, 2.05) is 0 Å². The third kappa shape index (κ3) is 7.28. The largest absolute Gasteiger partial charge is 0.519 e. The molecular weight excluding hydrogens is 621 g/mol. The first-order chi connectivity index (χ1) is 21.1. The van der Waals surface area contributed by atoms with Crippen molar-refractivity contribution < 1.29 is 46.6 Å². The SMILES string of the molecule is COc1nc(N)nc2c1ncn2C1O[C@H](COP(=O)(NCCOC(C)=O)OCc2oc(=O)oc2C(C)(C)C)[C@@H](O)[C@@]1(C)N=[N+]=[N-]. The molecule has 45 heavy (non-hydrogen) atoms. The number of nitrogens with two attached hydrogens (primary N) is 1. The average molecular weight is 656 g/mol. The Morgan fingerprint density at radius 1 is 1.33 bits per heavy atom. The standard InChI is InChI=1S/C24H34N9O11P/c1-12(34)39-8-7-28-45(37,41-10-14-17(23(2,3)4)44-22(36)43-14)40-9-13-16(35)24(5,31-32-26)20(42-13)33-11-27-15-18(33)29-21(25)30-19(15)38-6/h11,13,16,20,35H,7-10H2,1-6H3,(H,28,37)(H2,25,29,30)/t13-,16-,20?,24-,45?/m1/s1. The minimum Gasteiger partial charge on any atom is -0.479 e. The molecule has 21 heteroatoms. The first kappa shape index (κ1) is 33.9. The molecule has 1 fully saturated rings. The molecule has 0 aromatic carbocycles. The highest BCUT2D eigenvalue weighted by atomic mass is 31.2. The van der Waals surface area contributed by atoms with Crippen molar-refractivity contribution in [2.75, 3.05) is 32.6 Å². The van der Waals surface area contributed by atoms with Crippen molar-refractivity contribution in [3.8, 4) is 5.88 Å². The van der Waals surface area contributed by atoms with Gasteiger partial charge in [0, 0.05) is 23.8 Å². The van der Waals surface area contributed by atoms with E-state index in [2.05, 4.69) is 30.1 Å². The van der Waals surface area contributed by atoms with Gasteiger partial charge in [0.15, 0.2) is 28.9 Å². The topological polar surface area (TPSA) is 274 Å². The molecule has 3 aromatic heterocycles. The fourth-order valence-electron chi connectivity index (χ4n) is 4.60. The second-order valence-electron chi connectivity index (χ2n) is 11.1. The van der Waals surface area contributed by atoms with E-state index in [1.54, 1.807) is 20.8 Å². The van der Waals surface area contributed by atoms with Crippen molar-refractivity contribution in [2.45, 2.75) is 70.6 Å². The molecule has 0 radical (unpaired) electrons. The Morgan fingerprint density at radius 3 is 2.71 bits per heavy atom. The number of nitrogen functional groups attached to an aromatic ring is 1. The molecule has 1 aliphatic heterocycles. The van der Waals surface area contributed by atoms with Crippen LogP contribution in [0.4, 0.5) is 5.95 Å². The zero-order valence-electron chi connectivity index (χ0n) is 25.3. The predicted octanol–water partition coefficient (Wildman–Crippen LogP) is 2.08. The summed E-state index contributed by atoms with van der Waals surface area (Å²) in [6, 6.07) is 0. The number of hydrogen-bond acceptors (Lipinski definition) is 16. The minimum absolute atomic E-state index is 0.0186. The molecule has 0 bridgehead atoms. The summed E-state index contributed by atoms with van der Waals surface area (Å²) >= 11 is 0. The minimum atomic E-state index is -4.29. The average Bonchev–Trinajstić information content (AvgIpc) is 3.63. The van der Waals surface area contributed by atoms with Gasteiger partial charge in [-0.25, -0.2) is 19.4 Å². The Labute approximate surface area is 255 Å². The van der Waals surface area contributed by atoms with E-state index in [9.17, 15) is 24.8 Å². The highest BCUT2D eigenvalue weighted by molar-refractivity contribution is 7.51. The van der Waals surface area contributed by atoms with Gasteiger partial charge in [0.05, 0.1) is 26.1 Å². The number of esters is 1. The number of methoxy groups -OCH3 is 1. The summed E-state index contributed by atoms with van der Waals surface area (Å²) in [6.45, 7) is 6.56. The number of ether oxygens (including phenoxy) is 3. The number of nitrogens with one attached hydrogen (secondary N) is 1. The van der Waals surface area contributed by atoms with Crippen LogP contribution in [0.1, 0.15) is 52.4 Å². The number of fused-ring (bicyclic) bond motifs is 1. The first-order valence-corrected chi connectivity index (χ1v) is 15.0. The molecule has 0 spiro atoms. The van der Waals surface area contributed by atoms with Gasteiger partial charge in [-0.2, -0.15) is 9.97 Å². The molecule has 20 nitrogen and oxygen atoms in total. The van der Waals surface area contributed by atoms with Gasteiger partial charge >= 0.3 is 19.5 Å². The van der Waals surface area contributed by atoms with Crippen molar-refractivity contribution in [3.63, 3.8) is 0 Å². The molecular formula is C24H34N9O11P. The summed E-state index contributed by atoms with van der Waals surface area (Å²) in [6.07, 6.45) is -2.63. The van der Waals surface area contributed by atoms with Crippen molar-refractivity contribution in [1.82, 2.24) is 24.6 Å². The van der Waals surface area contributed by atoms with E-state index < -0.39 is 62.1 Å². The number of aliphatic hydroxyl groups is 1. The van der Waals surface area contributed by atoms with Crippen LogP contribution < -0.4 is 21.4 Å². The monoisotopic (exact) mass is 655 g/mol. The summed E-state index contributed by atoms with van der Waals surface area (Å²) in [5.74, 6) is -1.43. The molecule has 1 aliphatic rings. The zero-order valence-corrected chi connectivity index (χ0v) is 26.2. The molecule has 0 saturated carbocycles. The maximum atomic E-state index is 13.8. The number of aromatic nitrogens is 4. The molecule has 4 heterocycles. The quantitative estimate of drug-likeness (QED) is 0.0593. The van der Waals surface area contributed by atoms with Crippen LogP contribution in [0, 0.1) is 0 Å². The van der Waals surface area contributed by atoms with Crippen molar-refractivity contribution in [1.29, 1.82) is 0 Å². The van der Waals surface area contributed by atoms with Crippen molar-refractivity contribution >= 4 is 30.8 Å². The van der Waals surface area contributed by atoms with E-state index in [1.165, 1.54) is 31.9 Å². The summed E-state index contributed by atoms with van der Waals surface area (Å²) in [5.41, 5.74) is 13.3. The Kier molecular flexibility index (Phi) is 9.88. The number of nitrogens with zero attached hydrogens (tertiary/aromatic N) is 7. The number of carbonyl (C=O) groups excluding carboxylic acids is 1. The molecule has 3 aromatic rings. The summed E-state index contributed by atoms with van der Waals surface area (Å²) in [5, 5.41) is 17.7. The van der Waals surface area contributed by atoms with Gasteiger partial charge in [-0.15, -0.1) is 0 Å². The van der Waals surface area contributed by atoms with Crippen molar-refractivity contribution in [3.05, 3.63) is 38.9 Å². The lowest BCUT2D eigenvalue weighted by Crippen LogP contribution is -2.42. The Balaban J connectivity index is 1.59. The van der Waals surface area contributed by atoms with E-state index >= 15 is 0 Å². The molecule has 5 atom stereocenters. The lowest BCUT2D eigenvalue weighted by atomic mass is 9.92. The highest BCUT2D eigenvalue weighted by Gasteiger charge is 2.55. The van der Waals surface area contributed by atoms with Gasteiger partial charge in [0.1, 0.15) is 24.9 Å². The Morgan fingerprint density at radius 2 is 2.07 bits per heavy atom. The third-order valence-electron chi connectivity index (χ3n) is 6.68. The number of anilines is 1. The van der Waals surface area contributed by atoms with Gasteiger partial charge in [0.2, 0.25) is 11.8 Å². The van der Waals surface area contributed by atoms with Crippen LogP contribution in [-0.4, -0.2) is 75.2 Å². The highest BCUT2D eigenvalue weighted by Crippen LogP contribution is 2.48.